The molecule has 1 amide bonds. The number of carbonyl (C=O) groups excluding carboxylic acids is 1. The van der Waals surface area contributed by atoms with E-state index in [1.165, 1.54) is 6.20 Å². The number of methoxy groups -OCH3 is 1. The van der Waals surface area contributed by atoms with Crippen LogP contribution in [0.15, 0.2) is 64.8 Å². The normalized spacial score (nSPS) is 10.6. The Balaban J connectivity index is 1.93. The van der Waals surface area contributed by atoms with Crippen LogP contribution in [0.25, 0.3) is 0 Å². The molecule has 0 saturated heterocycles. The van der Waals surface area contributed by atoms with Crippen LogP contribution in [-0.2, 0) is 11.3 Å². The summed E-state index contributed by atoms with van der Waals surface area (Å²) in [6.07, 6.45) is 1.40. The minimum atomic E-state index is -0.432. The van der Waals surface area contributed by atoms with E-state index in [4.69, 9.17) is 10.00 Å². The third-order valence-corrected chi connectivity index (χ3v) is 3.73. The highest BCUT2D eigenvalue weighted by atomic mass is 79.9. The monoisotopic (exact) mass is 385 g/mol. The summed E-state index contributed by atoms with van der Waals surface area (Å²) in [5.41, 5.74) is 1.71. The Labute approximate surface area is 149 Å². The lowest BCUT2D eigenvalue weighted by atomic mass is 10.2. The van der Waals surface area contributed by atoms with Gasteiger partial charge < -0.3 is 15.4 Å². The Morgan fingerprint density at radius 3 is 2.46 bits per heavy atom. The maximum Gasteiger partial charge on any atom is 0.263 e. The molecular formula is C18H16BrN3O2. The van der Waals surface area contributed by atoms with E-state index in [2.05, 4.69) is 26.6 Å². The molecule has 0 spiro atoms. The molecular weight excluding hydrogens is 370 g/mol. The molecule has 0 fully saturated rings. The fourth-order valence-electron chi connectivity index (χ4n) is 1.87. The van der Waals surface area contributed by atoms with Crippen molar-refractivity contribution in [3.63, 3.8) is 0 Å². The molecule has 122 valence electrons. The molecule has 0 saturated carbocycles. The second-order valence-corrected chi connectivity index (χ2v) is 5.77. The van der Waals surface area contributed by atoms with Crippen LogP contribution in [0.4, 0.5) is 5.69 Å². The van der Waals surface area contributed by atoms with Gasteiger partial charge in [-0.1, -0.05) is 28.1 Å². The van der Waals surface area contributed by atoms with Crippen LogP contribution in [-0.4, -0.2) is 13.0 Å². The highest BCUT2D eigenvalue weighted by Crippen LogP contribution is 2.14. The third-order valence-electron chi connectivity index (χ3n) is 3.20. The topological polar surface area (TPSA) is 74.1 Å². The summed E-state index contributed by atoms with van der Waals surface area (Å²) in [5, 5.41) is 14.8. The molecule has 24 heavy (non-hydrogen) atoms. The highest BCUT2D eigenvalue weighted by Gasteiger charge is 2.08. The molecule has 5 nitrogen and oxygen atoms in total. The van der Waals surface area contributed by atoms with Gasteiger partial charge in [-0.05, 0) is 42.0 Å². The lowest BCUT2D eigenvalue weighted by molar-refractivity contribution is -0.117. The first-order valence-electron chi connectivity index (χ1n) is 7.16. The third kappa shape index (κ3) is 5.14. The number of amides is 1. The number of benzene rings is 2. The van der Waals surface area contributed by atoms with Crippen molar-refractivity contribution in [2.45, 2.75) is 6.54 Å². The maximum absolute atomic E-state index is 12.1. The molecule has 0 heterocycles. The number of hydrogen-bond donors (Lipinski definition) is 2. The molecule has 0 aliphatic heterocycles. The first kappa shape index (κ1) is 17.6. The Bertz CT molecular complexity index is 762. The smallest absolute Gasteiger partial charge is 0.263 e. The van der Waals surface area contributed by atoms with Crippen molar-refractivity contribution < 1.29 is 9.53 Å². The quantitative estimate of drug-likeness (QED) is 0.588. The lowest BCUT2D eigenvalue weighted by Crippen LogP contribution is -2.24. The minimum Gasteiger partial charge on any atom is -0.497 e. The molecule has 2 N–H and O–H groups in total. The van der Waals surface area contributed by atoms with Gasteiger partial charge in [-0.15, -0.1) is 0 Å². The summed E-state index contributed by atoms with van der Waals surface area (Å²) in [4.78, 5) is 12.1. The van der Waals surface area contributed by atoms with Crippen LogP contribution in [0, 0.1) is 11.3 Å². The average Bonchev–Trinajstić information content (AvgIpc) is 2.62. The van der Waals surface area contributed by atoms with Gasteiger partial charge in [0.15, 0.2) is 0 Å². The van der Waals surface area contributed by atoms with Gasteiger partial charge in [0.05, 0.1) is 7.11 Å². The molecule has 6 heteroatoms. The maximum atomic E-state index is 12.1. The van der Waals surface area contributed by atoms with E-state index in [0.717, 1.165) is 21.5 Å². The van der Waals surface area contributed by atoms with Crippen molar-refractivity contribution >= 4 is 27.5 Å². The Morgan fingerprint density at radius 2 is 1.88 bits per heavy atom. The number of nitrogens with one attached hydrogen (secondary N) is 2. The van der Waals surface area contributed by atoms with E-state index in [9.17, 15) is 4.79 Å². The summed E-state index contributed by atoms with van der Waals surface area (Å²) >= 11 is 3.35. The fraction of sp³-hybridized carbons (Fsp3) is 0.111. The van der Waals surface area contributed by atoms with Crippen LogP contribution in [0.3, 0.4) is 0 Å². The largest absolute Gasteiger partial charge is 0.497 e. The summed E-state index contributed by atoms with van der Waals surface area (Å²) in [6.45, 7) is 0.333. The standard InChI is InChI=1S/C18H16BrN3O2/c1-24-17-8-2-13(3-9-17)11-22-18(23)14(10-20)12-21-16-6-4-15(19)5-7-16/h2-9,12,21H,11H2,1H3,(H,22,23)/b14-12-. The number of nitrogens with zero attached hydrogens (tertiary/aromatic N) is 1. The number of anilines is 1. The summed E-state index contributed by atoms with van der Waals surface area (Å²) in [5.74, 6) is 0.319. The molecule has 2 aromatic rings. The first-order valence-corrected chi connectivity index (χ1v) is 7.95. The SMILES string of the molecule is COc1ccc(CNC(=O)/C(C#N)=C\Nc2ccc(Br)cc2)cc1. The zero-order valence-corrected chi connectivity index (χ0v) is 14.6. The van der Waals surface area contributed by atoms with E-state index < -0.39 is 5.91 Å². The van der Waals surface area contributed by atoms with E-state index in [0.29, 0.717) is 6.54 Å². The number of nitriles is 1. The predicted molar refractivity (Wildman–Crippen MR) is 96.3 cm³/mol. The molecule has 0 bridgehead atoms. The number of hydrogen-bond acceptors (Lipinski definition) is 4. The molecule has 0 aliphatic rings. The van der Waals surface area contributed by atoms with Crippen molar-refractivity contribution in [2.24, 2.45) is 0 Å². The van der Waals surface area contributed by atoms with Gasteiger partial charge >= 0.3 is 0 Å². The first-order chi connectivity index (χ1) is 11.6. The number of ether oxygens (including phenoxy) is 1. The summed E-state index contributed by atoms with van der Waals surface area (Å²) in [7, 11) is 1.60. The van der Waals surface area contributed by atoms with Gasteiger partial charge in [0, 0.05) is 22.9 Å². The fourth-order valence-corrected chi connectivity index (χ4v) is 2.14. The second kappa shape index (κ2) is 8.75. The van der Waals surface area contributed by atoms with Gasteiger partial charge in [0.25, 0.3) is 5.91 Å². The van der Waals surface area contributed by atoms with Crippen molar-refractivity contribution in [2.75, 3.05) is 12.4 Å². The van der Waals surface area contributed by atoms with E-state index >= 15 is 0 Å². The van der Waals surface area contributed by atoms with Gasteiger partial charge in [0.1, 0.15) is 17.4 Å². The molecule has 0 radical (unpaired) electrons. The van der Waals surface area contributed by atoms with Gasteiger partial charge in [-0.2, -0.15) is 5.26 Å². The lowest BCUT2D eigenvalue weighted by Gasteiger charge is -2.06. The molecule has 0 unspecified atom stereocenters. The van der Waals surface area contributed by atoms with Crippen LogP contribution in [0.1, 0.15) is 5.56 Å². The molecule has 2 aromatic carbocycles. The van der Waals surface area contributed by atoms with Crippen molar-refractivity contribution in [3.8, 4) is 11.8 Å². The van der Waals surface area contributed by atoms with Gasteiger partial charge in [0.2, 0.25) is 0 Å². The van der Waals surface area contributed by atoms with Crippen LogP contribution in [0.5, 0.6) is 5.75 Å². The number of rotatable bonds is 6. The summed E-state index contributed by atoms with van der Waals surface area (Å²) in [6, 6.07) is 16.7. The minimum absolute atomic E-state index is 0.00595. The van der Waals surface area contributed by atoms with Gasteiger partial charge in [-0.3, -0.25) is 4.79 Å². The van der Waals surface area contributed by atoms with E-state index in [1.807, 2.05) is 54.6 Å². The van der Waals surface area contributed by atoms with Crippen molar-refractivity contribution in [1.82, 2.24) is 5.32 Å². The average molecular weight is 386 g/mol. The predicted octanol–water partition coefficient (Wildman–Crippen LogP) is 3.59. The molecule has 0 aliphatic carbocycles. The highest BCUT2D eigenvalue weighted by molar-refractivity contribution is 9.10. The molecule has 2 rings (SSSR count). The molecule has 0 aromatic heterocycles. The van der Waals surface area contributed by atoms with Crippen LogP contribution in [0.2, 0.25) is 0 Å². The van der Waals surface area contributed by atoms with Crippen molar-refractivity contribution in [3.05, 3.63) is 70.3 Å². The van der Waals surface area contributed by atoms with E-state index in [-0.39, 0.29) is 5.57 Å². The zero-order chi connectivity index (χ0) is 17.4. The summed E-state index contributed by atoms with van der Waals surface area (Å²) < 4.78 is 6.03. The number of carbonyl (C=O) groups is 1. The zero-order valence-electron chi connectivity index (χ0n) is 13.0. The Kier molecular flexibility index (Phi) is 6.41. The van der Waals surface area contributed by atoms with Gasteiger partial charge in [-0.25, -0.2) is 0 Å². The number of halogens is 1. The second-order valence-electron chi connectivity index (χ2n) is 4.85. The Morgan fingerprint density at radius 1 is 1.21 bits per heavy atom. The van der Waals surface area contributed by atoms with Crippen LogP contribution < -0.4 is 15.4 Å². The Hall–Kier alpha value is -2.78. The van der Waals surface area contributed by atoms with E-state index in [1.54, 1.807) is 7.11 Å². The van der Waals surface area contributed by atoms with Crippen LogP contribution >= 0.6 is 15.9 Å². The van der Waals surface area contributed by atoms with Crippen molar-refractivity contribution in [1.29, 1.82) is 5.26 Å². The molecule has 0 atom stereocenters.